The molecule has 0 saturated heterocycles. The van der Waals surface area contributed by atoms with Crippen molar-refractivity contribution in [3.05, 3.63) is 82.9 Å². The maximum absolute atomic E-state index is 12.6. The van der Waals surface area contributed by atoms with Gasteiger partial charge in [0.15, 0.2) is 0 Å². The number of esters is 4. The van der Waals surface area contributed by atoms with Crippen LogP contribution in [0.5, 0.6) is 0 Å². The summed E-state index contributed by atoms with van der Waals surface area (Å²) in [6.07, 6.45) is 2.80. The third kappa shape index (κ3) is 9.48. The molecule has 0 amide bonds. The summed E-state index contributed by atoms with van der Waals surface area (Å²) in [4.78, 5) is 58.7. The summed E-state index contributed by atoms with van der Waals surface area (Å²) in [5, 5.41) is 0. The minimum absolute atomic E-state index is 0.0795. The molecular weight excluding hydrogens is 516 g/mol. The Morgan fingerprint density at radius 2 is 1.02 bits per heavy atom. The van der Waals surface area contributed by atoms with E-state index in [-0.39, 0.29) is 25.4 Å². The molecule has 0 unspecified atom stereocenters. The molecule has 0 aliphatic heterocycles. The van der Waals surface area contributed by atoms with Gasteiger partial charge in [-0.25, -0.2) is 19.2 Å². The second kappa shape index (κ2) is 14.8. The minimum Gasteiger partial charge on any atom is -0.462 e. The maximum atomic E-state index is 12.6. The number of ether oxygens (including phenoxy) is 4. The maximum Gasteiger partial charge on any atom is 0.374 e. The molecule has 0 spiro atoms. The number of ketones is 1. The van der Waals surface area contributed by atoms with Crippen LogP contribution in [0.15, 0.2) is 60.7 Å². The fourth-order valence-corrected chi connectivity index (χ4v) is 4.07. The normalized spacial score (nSPS) is 16.4. The summed E-state index contributed by atoms with van der Waals surface area (Å²) in [6.45, 7) is 6.60. The van der Waals surface area contributed by atoms with Gasteiger partial charge in [-0.3, -0.25) is 4.79 Å². The summed E-state index contributed by atoms with van der Waals surface area (Å²) in [7, 11) is 0. The first-order valence-corrected chi connectivity index (χ1v) is 13.2. The zero-order valence-electron chi connectivity index (χ0n) is 22.8. The highest BCUT2D eigenvalue weighted by atomic mass is 16.6. The third-order valence-electron chi connectivity index (χ3n) is 6.43. The van der Waals surface area contributed by atoms with Crippen molar-refractivity contribution in [1.29, 1.82) is 0 Å². The quantitative estimate of drug-likeness (QED) is 0.164. The van der Waals surface area contributed by atoms with E-state index in [1.165, 1.54) is 0 Å². The fraction of sp³-hybridized carbons (Fsp3) is 0.387. The van der Waals surface area contributed by atoms with Crippen molar-refractivity contribution in [3.8, 4) is 0 Å². The molecule has 0 atom stereocenters. The van der Waals surface area contributed by atoms with Gasteiger partial charge in [-0.05, 0) is 68.0 Å². The van der Waals surface area contributed by atoms with Gasteiger partial charge in [0.25, 0.3) is 0 Å². The molecule has 1 aliphatic carbocycles. The number of carbonyl (C=O) groups is 5. The smallest absolute Gasteiger partial charge is 0.374 e. The Labute approximate surface area is 233 Å². The largest absolute Gasteiger partial charge is 0.462 e. The van der Waals surface area contributed by atoms with E-state index in [0.29, 0.717) is 55.2 Å². The molecule has 40 heavy (non-hydrogen) atoms. The van der Waals surface area contributed by atoms with Crippen LogP contribution in [0.3, 0.4) is 0 Å². The van der Waals surface area contributed by atoms with Crippen molar-refractivity contribution in [2.45, 2.75) is 64.6 Å². The Hall–Kier alpha value is -4.27. The first-order valence-electron chi connectivity index (χ1n) is 13.2. The van der Waals surface area contributed by atoms with Gasteiger partial charge < -0.3 is 18.9 Å². The number of rotatable bonds is 12. The highest BCUT2D eigenvalue weighted by Crippen LogP contribution is 2.25. The van der Waals surface area contributed by atoms with Crippen molar-refractivity contribution >= 4 is 29.7 Å². The molecule has 1 saturated carbocycles. The molecule has 0 N–H and O–H groups in total. The van der Waals surface area contributed by atoms with E-state index in [1.54, 1.807) is 55.5 Å². The van der Waals surface area contributed by atoms with E-state index in [0.717, 1.165) is 18.1 Å². The first kappa shape index (κ1) is 30.3. The molecule has 0 radical (unpaired) electrons. The van der Waals surface area contributed by atoms with Crippen LogP contribution in [0.2, 0.25) is 0 Å². The first-order chi connectivity index (χ1) is 19.1. The zero-order chi connectivity index (χ0) is 29.1. The van der Waals surface area contributed by atoms with Crippen LogP contribution in [0.1, 0.15) is 71.4 Å². The predicted octanol–water partition coefficient (Wildman–Crippen LogP) is 4.35. The Balaban J connectivity index is 1.37. The molecule has 0 heterocycles. The lowest BCUT2D eigenvalue weighted by Crippen LogP contribution is -2.29. The molecule has 1 aliphatic rings. The van der Waals surface area contributed by atoms with Crippen molar-refractivity contribution in [1.82, 2.24) is 0 Å². The Bertz CT molecular complexity index is 1120. The van der Waals surface area contributed by atoms with Crippen molar-refractivity contribution in [2.75, 3.05) is 13.2 Å². The lowest BCUT2D eigenvalue weighted by Gasteiger charge is -2.28. The van der Waals surface area contributed by atoms with E-state index in [9.17, 15) is 24.0 Å². The van der Waals surface area contributed by atoms with E-state index >= 15 is 0 Å². The lowest BCUT2D eigenvalue weighted by atomic mass is 9.94. The molecule has 0 aromatic heterocycles. The number of hydrogen-bond acceptors (Lipinski definition) is 9. The molecule has 1 fully saturated rings. The van der Waals surface area contributed by atoms with Crippen molar-refractivity contribution in [3.63, 3.8) is 0 Å². The summed E-state index contributed by atoms with van der Waals surface area (Å²) < 4.78 is 21.2. The Kier molecular flexibility index (Phi) is 11.2. The number of benzene rings is 2. The van der Waals surface area contributed by atoms with Crippen molar-refractivity contribution in [2.24, 2.45) is 0 Å². The van der Waals surface area contributed by atoms with Crippen LogP contribution in [-0.4, -0.2) is 55.1 Å². The van der Waals surface area contributed by atoms with Crippen LogP contribution in [0, 0.1) is 0 Å². The second-order valence-corrected chi connectivity index (χ2v) is 9.71. The van der Waals surface area contributed by atoms with Crippen LogP contribution in [0.25, 0.3) is 0 Å². The molecule has 0 bridgehead atoms. The standard InChI is InChI=1S/C31H34O9/c1-20(2)28(33)37-18-16-22-4-8-24(9-5-22)30(35)39-26-12-14-27(15-13-26)40-31(36)25-10-6-23(7-11-25)17-19-38-29(34)21(3)32/h4-11,26-27H,1,12-19H2,2-3H3. The third-order valence-corrected chi connectivity index (χ3v) is 6.43. The van der Waals surface area contributed by atoms with Crippen LogP contribution >= 0.6 is 0 Å². The SMILES string of the molecule is C=C(C)C(=O)OCCc1ccc(C(=O)OC2CCC(OC(=O)c3ccc(CCOC(=O)C(C)=O)cc3)CC2)cc1. The van der Waals surface area contributed by atoms with Gasteiger partial charge in [0, 0.05) is 25.3 Å². The monoisotopic (exact) mass is 550 g/mol. The van der Waals surface area contributed by atoms with Gasteiger partial charge in [-0.1, -0.05) is 30.8 Å². The highest BCUT2D eigenvalue weighted by molar-refractivity contribution is 6.32. The van der Waals surface area contributed by atoms with Crippen LogP contribution in [-0.2, 0) is 46.2 Å². The van der Waals surface area contributed by atoms with E-state index in [2.05, 4.69) is 6.58 Å². The molecule has 3 rings (SSSR count). The van der Waals surface area contributed by atoms with Crippen LogP contribution < -0.4 is 0 Å². The highest BCUT2D eigenvalue weighted by Gasteiger charge is 2.27. The second-order valence-electron chi connectivity index (χ2n) is 9.71. The average Bonchev–Trinajstić information content (AvgIpc) is 2.94. The van der Waals surface area contributed by atoms with Gasteiger partial charge in [0.2, 0.25) is 5.78 Å². The topological polar surface area (TPSA) is 122 Å². The predicted molar refractivity (Wildman–Crippen MR) is 145 cm³/mol. The lowest BCUT2D eigenvalue weighted by molar-refractivity contribution is -0.152. The summed E-state index contributed by atoms with van der Waals surface area (Å²) >= 11 is 0. The van der Waals surface area contributed by atoms with E-state index < -0.39 is 29.7 Å². The van der Waals surface area contributed by atoms with Gasteiger partial charge in [-0.15, -0.1) is 0 Å². The summed E-state index contributed by atoms with van der Waals surface area (Å²) in [5.74, 6) is -2.77. The minimum atomic E-state index is -0.865. The zero-order valence-corrected chi connectivity index (χ0v) is 22.8. The molecule has 212 valence electrons. The van der Waals surface area contributed by atoms with Gasteiger partial charge in [-0.2, -0.15) is 0 Å². The fourth-order valence-electron chi connectivity index (χ4n) is 4.07. The molecule has 2 aromatic carbocycles. The number of carbonyl (C=O) groups excluding carboxylic acids is 5. The number of Topliss-reactive ketones (excluding diaryl/α,β-unsaturated/α-hetero) is 1. The van der Waals surface area contributed by atoms with Crippen molar-refractivity contribution < 1.29 is 42.9 Å². The van der Waals surface area contributed by atoms with E-state index in [1.807, 2.05) is 0 Å². The molecular formula is C31H34O9. The molecule has 2 aromatic rings. The van der Waals surface area contributed by atoms with Crippen LogP contribution in [0.4, 0.5) is 0 Å². The summed E-state index contributed by atoms with van der Waals surface area (Å²) in [6, 6.07) is 13.8. The van der Waals surface area contributed by atoms with Gasteiger partial charge >= 0.3 is 23.9 Å². The Morgan fingerprint density at radius 3 is 1.38 bits per heavy atom. The number of hydrogen-bond donors (Lipinski definition) is 0. The van der Waals surface area contributed by atoms with E-state index in [4.69, 9.17) is 18.9 Å². The average molecular weight is 551 g/mol. The Morgan fingerprint density at radius 1 is 0.650 bits per heavy atom. The molecule has 9 heteroatoms. The van der Waals surface area contributed by atoms with Gasteiger partial charge in [0.05, 0.1) is 24.3 Å². The van der Waals surface area contributed by atoms with Gasteiger partial charge in [0.1, 0.15) is 12.2 Å². The molecule has 9 nitrogen and oxygen atoms in total. The summed E-state index contributed by atoms with van der Waals surface area (Å²) in [5.41, 5.74) is 2.99.